The zero-order valence-corrected chi connectivity index (χ0v) is 20.7. The zero-order chi connectivity index (χ0) is 23.4. The topological polar surface area (TPSA) is 62.5 Å². The summed E-state index contributed by atoms with van der Waals surface area (Å²) in [5.74, 6) is 2.62. The molecule has 1 saturated heterocycles. The molecule has 1 amide bonds. The van der Waals surface area contributed by atoms with Crippen molar-refractivity contribution < 1.29 is 9.21 Å². The molecule has 1 aliphatic rings. The molecule has 0 N–H and O–H groups in total. The quantitative estimate of drug-likeness (QED) is 0.338. The average Bonchev–Trinajstić information content (AvgIpc) is 3.50. The van der Waals surface area contributed by atoms with Gasteiger partial charge in [0.2, 0.25) is 0 Å². The summed E-state index contributed by atoms with van der Waals surface area (Å²) >= 11 is 1.53. The molecular formula is C26H32N4O2S. The Bertz CT molecular complexity index is 1090. The van der Waals surface area contributed by atoms with Crippen LogP contribution in [0.25, 0.3) is 0 Å². The summed E-state index contributed by atoms with van der Waals surface area (Å²) < 4.78 is 5.86. The van der Waals surface area contributed by atoms with E-state index in [1.165, 1.54) is 17.3 Å². The number of aromatic nitrogens is 2. The molecule has 0 aliphatic carbocycles. The molecule has 33 heavy (non-hydrogen) atoms. The first-order valence-electron chi connectivity index (χ1n) is 11.4. The van der Waals surface area contributed by atoms with Crippen LogP contribution in [0.15, 0.2) is 58.1 Å². The predicted molar refractivity (Wildman–Crippen MR) is 133 cm³/mol. The summed E-state index contributed by atoms with van der Waals surface area (Å²) in [6, 6.07) is 16.1. The number of likely N-dealkylation sites (tertiary alicyclic amines) is 1. The van der Waals surface area contributed by atoms with Gasteiger partial charge in [0.15, 0.2) is 10.9 Å². The van der Waals surface area contributed by atoms with Crippen LogP contribution in [-0.2, 0) is 17.7 Å². The van der Waals surface area contributed by atoms with E-state index in [0.29, 0.717) is 16.7 Å². The van der Waals surface area contributed by atoms with Crippen molar-refractivity contribution in [2.24, 2.45) is 0 Å². The van der Waals surface area contributed by atoms with Crippen molar-refractivity contribution in [2.75, 3.05) is 25.0 Å². The second-order valence-electron chi connectivity index (χ2n) is 9.54. The molecule has 1 fully saturated rings. The lowest BCUT2D eigenvalue weighted by Gasteiger charge is -2.23. The molecule has 2 aromatic heterocycles. The van der Waals surface area contributed by atoms with E-state index in [1.54, 1.807) is 6.07 Å². The maximum Gasteiger partial charge on any atom is 0.289 e. The lowest BCUT2D eigenvalue weighted by molar-refractivity contribution is 0.0760. The van der Waals surface area contributed by atoms with E-state index in [2.05, 4.69) is 63.1 Å². The molecule has 0 unspecified atom stereocenters. The summed E-state index contributed by atoms with van der Waals surface area (Å²) in [6.07, 6.45) is 2.13. The minimum absolute atomic E-state index is 0.0143. The molecule has 0 bridgehead atoms. The molecule has 0 atom stereocenters. The van der Waals surface area contributed by atoms with Gasteiger partial charge in [-0.05, 0) is 30.5 Å². The molecular weight excluding hydrogens is 432 g/mol. The lowest BCUT2D eigenvalue weighted by atomic mass is 9.92. The standard InChI is InChI=1S/C26H32N4O2S/c1-26(2,3)22-16-23(29(4)17-19-10-6-5-7-11-19)28-25(27-22)33-18-20-12-13-21(32-20)24(31)30-14-8-9-15-30/h5-7,10-13,16H,8-9,14-15,17-18H2,1-4H3. The smallest absolute Gasteiger partial charge is 0.289 e. The van der Waals surface area contributed by atoms with E-state index in [4.69, 9.17) is 14.4 Å². The van der Waals surface area contributed by atoms with Gasteiger partial charge in [-0.25, -0.2) is 9.97 Å². The van der Waals surface area contributed by atoms with Crippen LogP contribution in [0, 0.1) is 0 Å². The monoisotopic (exact) mass is 464 g/mol. The Hall–Kier alpha value is -2.80. The van der Waals surface area contributed by atoms with Crippen molar-refractivity contribution in [3.63, 3.8) is 0 Å². The predicted octanol–water partition coefficient (Wildman–Crippen LogP) is 5.53. The van der Waals surface area contributed by atoms with Crippen molar-refractivity contribution in [3.8, 4) is 0 Å². The van der Waals surface area contributed by atoms with E-state index >= 15 is 0 Å². The van der Waals surface area contributed by atoms with Gasteiger partial charge in [-0.2, -0.15) is 0 Å². The highest BCUT2D eigenvalue weighted by atomic mass is 32.2. The molecule has 7 heteroatoms. The van der Waals surface area contributed by atoms with Gasteiger partial charge < -0.3 is 14.2 Å². The molecule has 3 heterocycles. The number of furan rings is 1. The van der Waals surface area contributed by atoms with Gasteiger partial charge in [-0.1, -0.05) is 62.9 Å². The Labute approximate surface area is 200 Å². The third-order valence-corrected chi connectivity index (χ3v) is 6.59. The van der Waals surface area contributed by atoms with Crippen LogP contribution in [0.2, 0.25) is 0 Å². The van der Waals surface area contributed by atoms with Gasteiger partial charge in [-0.3, -0.25) is 4.79 Å². The highest BCUT2D eigenvalue weighted by molar-refractivity contribution is 7.98. The molecule has 4 rings (SSSR count). The molecule has 1 aliphatic heterocycles. The zero-order valence-electron chi connectivity index (χ0n) is 19.9. The number of nitrogens with zero attached hydrogens (tertiary/aromatic N) is 4. The van der Waals surface area contributed by atoms with Crippen LogP contribution in [0.3, 0.4) is 0 Å². The minimum Gasteiger partial charge on any atom is -0.455 e. The average molecular weight is 465 g/mol. The van der Waals surface area contributed by atoms with Crippen LogP contribution >= 0.6 is 11.8 Å². The largest absolute Gasteiger partial charge is 0.455 e. The molecule has 0 saturated carbocycles. The third-order valence-electron chi connectivity index (χ3n) is 5.72. The first kappa shape index (κ1) is 23.4. The lowest BCUT2D eigenvalue weighted by Crippen LogP contribution is -2.27. The Morgan fingerprint density at radius 1 is 1.09 bits per heavy atom. The molecule has 6 nitrogen and oxygen atoms in total. The Morgan fingerprint density at radius 2 is 1.82 bits per heavy atom. The van der Waals surface area contributed by atoms with Crippen molar-refractivity contribution in [1.82, 2.24) is 14.9 Å². The van der Waals surface area contributed by atoms with E-state index in [-0.39, 0.29) is 11.3 Å². The first-order chi connectivity index (χ1) is 15.8. The second kappa shape index (κ2) is 10.00. The molecule has 174 valence electrons. The SMILES string of the molecule is CN(Cc1ccccc1)c1cc(C(C)(C)C)nc(SCc2ccc(C(=O)N3CCCC3)o2)n1. The number of amides is 1. The Morgan fingerprint density at radius 3 is 2.52 bits per heavy atom. The normalized spacial score (nSPS) is 14.0. The summed E-state index contributed by atoms with van der Waals surface area (Å²) in [7, 11) is 2.05. The maximum absolute atomic E-state index is 12.6. The second-order valence-corrected chi connectivity index (χ2v) is 10.5. The summed E-state index contributed by atoms with van der Waals surface area (Å²) in [6.45, 7) is 8.88. The molecule has 3 aromatic rings. The highest BCUT2D eigenvalue weighted by Crippen LogP contribution is 2.29. The Balaban J connectivity index is 1.49. The number of hydrogen-bond acceptors (Lipinski definition) is 6. The van der Waals surface area contributed by atoms with Crippen molar-refractivity contribution in [1.29, 1.82) is 0 Å². The number of thioether (sulfide) groups is 1. The maximum atomic E-state index is 12.6. The molecule has 0 spiro atoms. The fourth-order valence-electron chi connectivity index (χ4n) is 3.78. The van der Waals surface area contributed by atoms with E-state index in [0.717, 1.165) is 49.7 Å². The van der Waals surface area contributed by atoms with E-state index in [9.17, 15) is 4.79 Å². The minimum atomic E-state index is -0.0966. The van der Waals surface area contributed by atoms with Crippen LogP contribution in [0.4, 0.5) is 5.82 Å². The van der Waals surface area contributed by atoms with E-state index < -0.39 is 0 Å². The highest BCUT2D eigenvalue weighted by Gasteiger charge is 2.23. The fraction of sp³-hybridized carbons (Fsp3) is 0.423. The van der Waals surface area contributed by atoms with Gasteiger partial charge in [-0.15, -0.1) is 0 Å². The van der Waals surface area contributed by atoms with Gasteiger partial charge in [0, 0.05) is 38.2 Å². The number of rotatable bonds is 7. The van der Waals surface area contributed by atoms with Gasteiger partial charge in [0.05, 0.1) is 11.4 Å². The van der Waals surface area contributed by atoms with Gasteiger partial charge in [0.1, 0.15) is 11.6 Å². The van der Waals surface area contributed by atoms with Crippen LogP contribution in [0.1, 0.15) is 61.2 Å². The number of anilines is 1. The number of hydrogen-bond donors (Lipinski definition) is 0. The van der Waals surface area contributed by atoms with Gasteiger partial charge in [0.25, 0.3) is 5.91 Å². The van der Waals surface area contributed by atoms with Crippen molar-refractivity contribution >= 4 is 23.5 Å². The number of carbonyl (C=O) groups excluding carboxylic acids is 1. The van der Waals surface area contributed by atoms with Crippen LogP contribution < -0.4 is 4.90 Å². The molecule has 1 aromatic carbocycles. The number of benzene rings is 1. The van der Waals surface area contributed by atoms with Crippen LogP contribution in [-0.4, -0.2) is 40.9 Å². The van der Waals surface area contributed by atoms with Gasteiger partial charge >= 0.3 is 0 Å². The summed E-state index contributed by atoms with van der Waals surface area (Å²) in [4.78, 5) is 26.2. The first-order valence-corrected chi connectivity index (χ1v) is 12.4. The third kappa shape index (κ3) is 5.96. The Kier molecular flexibility index (Phi) is 7.08. The van der Waals surface area contributed by atoms with Crippen molar-refractivity contribution in [2.45, 2.75) is 56.5 Å². The van der Waals surface area contributed by atoms with Crippen molar-refractivity contribution in [3.05, 3.63) is 71.3 Å². The number of carbonyl (C=O) groups is 1. The van der Waals surface area contributed by atoms with Crippen LogP contribution in [0.5, 0.6) is 0 Å². The summed E-state index contributed by atoms with van der Waals surface area (Å²) in [5.41, 5.74) is 2.13. The summed E-state index contributed by atoms with van der Waals surface area (Å²) in [5, 5.41) is 0.709. The van der Waals surface area contributed by atoms with E-state index in [1.807, 2.05) is 17.0 Å². The fourth-order valence-corrected chi connectivity index (χ4v) is 4.53. The molecule has 0 radical (unpaired) electrons.